The Labute approximate surface area is 160 Å². The molecular weight excluding hydrogens is 381 g/mol. The maximum absolute atomic E-state index is 12.6. The number of rotatable bonds is 4. The van der Waals surface area contributed by atoms with Crippen molar-refractivity contribution in [1.29, 1.82) is 0 Å². The first kappa shape index (κ1) is 17.5. The third kappa shape index (κ3) is 4.01. The van der Waals surface area contributed by atoms with E-state index in [1.807, 2.05) is 30.3 Å². The minimum Gasteiger partial charge on any atom is -0.293 e. The molecule has 0 unspecified atom stereocenters. The lowest BCUT2D eigenvalue weighted by atomic mass is 10.1. The van der Waals surface area contributed by atoms with Crippen molar-refractivity contribution < 1.29 is 4.79 Å². The van der Waals surface area contributed by atoms with Crippen molar-refractivity contribution in [3.8, 4) is 0 Å². The molecule has 6 heteroatoms. The molecule has 0 atom stereocenters. The van der Waals surface area contributed by atoms with Crippen LogP contribution in [0, 0.1) is 0 Å². The van der Waals surface area contributed by atoms with Gasteiger partial charge >= 0.3 is 0 Å². The second kappa shape index (κ2) is 7.70. The zero-order chi connectivity index (χ0) is 17.1. The van der Waals surface area contributed by atoms with Gasteiger partial charge in [0.05, 0.1) is 4.91 Å². The molecule has 1 fully saturated rings. The van der Waals surface area contributed by atoms with E-state index in [1.165, 1.54) is 17.3 Å². The van der Waals surface area contributed by atoms with E-state index in [0.29, 0.717) is 25.8 Å². The molecule has 2 nitrogen and oxygen atoms in total. The Morgan fingerprint density at radius 2 is 1.88 bits per heavy atom. The van der Waals surface area contributed by atoms with Crippen molar-refractivity contribution in [3.05, 3.63) is 74.6 Å². The van der Waals surface area contributed by atoms with Crippen LogP contribution < -0.4 is 0 Å². The van der Waals surface area contributed by atoms with Crippen LogP contribution in [0.25, 0.3) is 6.08 Å². The van der Waals surface area contributed by atoms with Crippen LogP contribution in [0.2, 0.25) is 10.0 Å². The summed E-state index contributed by atoms with van der Waals surface area (Å²) in [6.07, 6.45) is 2.53. The van der Waals surface area contributed by atoms with E-state index >= 15 is 0 Å². The third-order valence-electron chi connectivity index (χ3n) is 3.59. The molecule has 0 N–H and O–H groups in total. The molecule has 0 saturated carbocycles. The lowest BCUT2D eigenvalue weighted by molar-refractivity contribution is -0.122. The molecule has 2 aromatic rings. The molecule has 1 amide bonds. The fourth-order valence-electron chi connectivity index (χ4n) is 2.34. The predicted molar refractivity (Wildman–Crippen MR) is 106 cm³/mol. The largest absolute Gasteiger partial charge is 0.293 e. The van der Waals surface area contributed by atoms with Crippen molar-refractivity contribution in [2.45, 2.75) is 6.42 Å². The van der Waals surface area contributed by atoms with Gasteiger partial charge in [0, 0.05) is 16.6 Å². The van der Waals surface area contributed by atoms with Gasteiger partial charge in [-0.05, 0) is 35.8 Å². The third-order valence-corrected chi connectivity index (χ3v) is 5.53. The van der Waals surface area contributed by atoms with Crippen molar-refractivity contribution in [1.82, 2.24) is 4.90 Å². The second-order valence-electron chi connectivity index (χ2n) is 5.23. The van der Waals surface area contributed by atoms with Crippen molar-refractivity contribution in [2.24, 2.45) is 0 Å². The number of hydrogen-bond donors (Lipinski definition) is 0. The van der Waals surface area contributed by atoms with Gasteiger partial charge in [0.2, 0.25) is 0 Å². The van der Waals surface area contributed by atoms with Gasteiger partial charge < -0.3 is 0 Å². The number of hydrogen-bond acceptors (Lipinski definition) is 3. The first-order chi connectivity index (χ1) is 11.5. The number of nitrogens with zero attached hydrogens (tertiary/aromatic N) is 1. The van der Waals surface area contributed by atoms with Gasteiger partial charge in [-0.15, -0.1) is 0 Å². The fourth-order valence-corrected chi connectivity index (χ4v) is 4.10. The minimum atomic E-state index is -0.0769. The zero-order valence-electron chi connectivity index (χ0n) is 12.5. The molecule has 2 aromatic carbocycles. The van der Waals surface area contributed by atoms with Gasteiger partial charge in [-0.2, -0.15) is 0 Å². The molecule has 3 rings (SSSR count). The Morgan fingerprint density at radius 1 is 1.12 bits per heavy atom. The minimum absolute atomic E-state index is 0.0769. The number of thioether (sulfide) groups is 1. The van der Waals surface area contributed by atoms with Crippen LogP contribution in [0.3, 0.4) is 0 Å². The van der Waals surface area contributed by atoms with E-state index in [2.05, 4.69) is 0 Å². The van der Waals surface area contributed by atoms with Gasteiger partial charge in [-0.1, -0.05) is 83.6 Å². The summed E-state index contributed by atoms with van der Waals surface area (Å²) in [5.74, 6) is -0.0769. The Balaban J connectivity index is 1.75. The second-order valence-corrected chi connectivity index (χ2v) is 7.75. The maximum atomic E-state index is 12.6. The smallest absolute Gasteiger partial charge is 0.266 e. The highest BCUT2D eigenvalue weighted by Crippen LogP contribution is 2.34. The molecule has 0 radical (unpaired) electrons. The number of amides is 1. The number of carbonyl (C=O) groups is 1. The summed E-state index contributed by atoms with van der Waals surface area (Å²) in [6.45, 7) is 0.570. The Kier molecular flexibility index (Phi) is 5.61. The summed E-state index contributed by atoms with van der Waals surface area (Å²) in [5.41, 5.74) is 1.93. The summed E-state index contributed by atoms with van der Waals surface area (Å²) < 4.78 is 0.576. The molecule has 1 aliphatic rings. The van der Waals surface area contributed by atoms with Gasteiger partial charge in [0.15, 0.2) is 0 Å². The SMILES string of the molecule is O=C1C(=Cc2ccc(Cl)cc2Cl)SC(=S)N1CCc1ccccc1. The maximum Gasteiger partial charge on any atom is 0.266 e. The van der Waals surface area contributed by atoms with E-state index < -0.39 is 0 Å². The lowest BCUT2D eigenvalue weighted by Crippen LogP contribution is -2.30. The summed E-state index contributed by atoms with van der Waals surface area (Å²) in [6, 6.07) is 15.2. The number of thiocarbonyl (C=S) groups is 1. The van der Waals surface area contributed by atoms with Gasteiger partial charge in [0.1, 0.15) is 4.32 Å². The number of halogens is 2. The number of carbonyl (C=O) groups excluding carboxylic acids is 1. The van der Waals surface area contributed by atoms with Crippen LogP contribution in [0.4, 0.5) is 0 Å². The average molecular weight is 394 g/mol. The first-order valence-electron chi connectivity index (χ1n) is 7.29. The standard InChI is InChI=1S/C18H13Cl2NOS2/c19-14-7-6-13(15(20)11-14)10-16-17(22)21(18(23)24-16)9-8-12-4-2-1-3-5-12/h1-7,10-11H,8-9H2. The molecule has 0 aliphatic carbocycles. The Bertz CT molecular complexity index is 821. The van der Waals surface area contributed by atoms with Crippen LogP contribution in [0.5, 0.6) is 0 Å². The van der Waals surface area contributed by atoms with E-state index in [-0.39, 0.29) is 5.91 Å². The van der Waals surface area contributed by atoms with E-state index in [1.54, 1.807) is 29.2 Å². The quantitative estimate of drug-likeness (QED) is 0.509. The predicted octanol–water partition coefficient (Wildman–Crippen LogP) is 5.44. The average Bonchev–Trinajstić information content (AvgIpc) is 2.83. The van der Waals surface area contributed by atoms with Gasteiger partial charge in [-0.3, -0.25) is 9.69 Å². The molecule has 1 saturated heterocycles. The van der Waals surface area contributed by atoms with Crippen molar-refractivity contribution in [2.75, 3.05) is 6.54 Å². The van der Waals surface area contributed by atoms with Crippen LogP contribution in [-0.2, 0) is 11.2 Å². The molecule has 0 spiro atoms. The Morgan fingerprint density at radius 3 is 2.58 bits per heavy atom. The molecule has 0 bridgehead atoms. The summed E-state index contributed by atoms with van der Waals surface area (Å²) in [5, 5.41) is 1.07. The Hall–Kier alpha value is -1.33. The lowest BCUT2D eigenvalue weighted by Gasteiger charge is -2.14. The molecule has 122 valence electrons. The molecule has 1 heterocycles. The highest BCUT2D eigenvalue weighted by Gasteiger charge is 2.31. The highest BCUT2D eigenvalue weighted by atomic mass is 35.5. The summed E-state index contributed by atoms with van der Waals surface area (Å²) in [7, 11) is 0. The van der Waals surface area contributed by atoms with Crippen LogP contribution in [0.15, 0.2) is 53.4 Å². The first-order valence-corrected chi connectivity index (χ1v) is 9.27. The van der Waals surface area contributed by atoms with Crippen LogP contribution in [-0.4, -0.2) is 21.7 Å². The van der Waals surface area contributed by atoms with Crippen LogP contribution in [0.1, 0.15) is 11.1 Å². The normalized spacial score (nSPS) is 16.2. The highest BCUT2D eigenvalue weighted by molar-refractivity contribution is 8.26. The fraction of sp³-hybridized carbons (Fsp3) is 0.111. The topological polar surface area (TPSA) is 20.3 Å². The summed E-state index contributed by atoms with van der Waals surface area (Å²) >= 11 is 18.7. The monoisotopic (exact) mass is 393 g/mol. The molecule has 24 heavy (non-hydrogen) atoms. The summed E-state index contributed by atoms with van der Waals surface area (Å²) in [4.78, 5) is 14.8. The van der Waals surface area contributed by atoms with E-state index in [0.717, 1.165) is 12.0 Å². The van der Waals surface area contributed by atoms with Crippen LogP contribution >= 0.6 is 47.2 Å². The van der Waals surface area contributed by atoms with Gasteiger partial charge in [0.25, 0.3) is 5.91 Å². The zero-order valence-corrected chi connectivity index (χ0v) is 15.7. The molecule has 0 aromatic heterocycles. The molecular formula is C18H13Cl2NOS2. The van der Waals surface area contributed by atoms with Crippen molar-refractivity contribution in [3.63, 3.8) is 0 Å². The van der Waals surface area contributed by atoms with Gasteiger partial charge in [-0.25, -0.2) is 0 Å². The van der Waals surface area contributed by atoms with E-state index in [4.69, 9.17) is 35.4 Å². The van der Waals surface area contributed by atoms with E-state index in [9.17, 15) is 4.79 Å². The molecule has 1 aliphatic heterocycles. The number of benzene rings is 2. The van der Waals surface area contributed by atoms with Crippen molar-refractivity contribution >= 4 is 63.5 Å².